The van der Waals surface area contributed by atoms with E-state index in [-0.39, 0.29) is 5.82 Å². The van der Waals surface area contributed by atoms with Crippen molar-refractivity contribution in [3.63, 3.8) is 0 Å². The van der Waals surface area contributed by atoms with Crippen molar-refractivity contribution in [2.75, 3.05) is 5.73 Å². The zero-order chi connectivity index (χ0) is 13.3. The van der Waals surface area contributed by atoms with Gasteiger partial charge in [-0.25, -0.2) is 4.98 Å². The number of anilines is 1. The molecule has 0 amide bonds. The average molecular weight is 299 g/mol. The van der Waals surface area contributed by atoms with Crippen LogP contribution in [-0.2, 0) is 0 Å². The topological polar surface area (TPSA) is 62.7 Å². The lowest BCUT2D eigenvalue weighted by atomic mass is 10.0. The standard InChI is InChI=1S/C12H6Cl3N3/c13-7-3-8(14)11(9(15)4-7)10-6(5-16)1-2-18-12(10)17/h1-4H,(H2,17,18). The van der Waals surface area contributed by atoms with Crippen molar-refractivity contribution in [2.45, 2.75) is 0 Å². The average Bonchev–Trinajstić information content (AvgIpc) is 2.29. The molecule has 0 aliphatic heterocycles. The highest BCUT2D eigenvalue weighted by Gasteiger charge is 2.17. The summed E-state index contributed by atoms with van der Waals surface area (Å²) in [5, 5.41) is 10.2. The van der Waals surface area contributed by atoms with Gasteiger partial charge in [0.15, 0.2) is 0 Å². The molecule has 0 aliphatic rings. The Kier molecular flexibility index (Phi) is 3.63. The number of nitrogen functional groups attached to an aromatic ring is 1. The van der Waals surface area contributed by atoms with Crippen LogP contribution in [0.4, 0.5) is 5.82 Å². The summed E-state index contributed by atoms with van der Waals surface area (Å²) in [4.78, 5) is 3.95. The zero-order valence-electron chi connectivity index (χ0n) is 8.92. The lowest BCUT2D eigenvalue weighted by Gasteiger charge is -2.11. The van der Waals surface area contributed by atoms with Crippen LogP contribution in [0.25, 0.3) is 11.1 Å². The van der Waals surface area contributed by atoms with Crippen LogP contribution in [0.3, 0.4) is 0 Å². The third kappa shape index (κ3) is 2.23. The molecule has 6 heteroatoms. The van der Waals surface area contributed by atoms with Crippen LogP contribution < -0.4 is 5.73 Å². The molecular weight excluding hydrogens is 293 g/mol. The number of pyridine rings is 1. The Balaban J connectivity index is 2.82. The monoisotopic (exact) mass is 297 g/mol. The summed E-state index contributed by atoms with van der Waals surface area (Å²) in [5.74, 6) is 0.195. The molecule has 0 saturated carbocycles. The number of nitriles is 1. The molecule has 0 fully saturated rings. The number of rotatable bonds is 1. The van der Waals surface area contributed by atoms with Crippen molar-refractivity contribution in [3.8, 4) is 17.2 Å². The lowest BCUT2D eigenvalue weighted by Crippen LogP contribution is -1.97. The van der Waals surface area contributed by atoms with Crippen LogP contribution in [0, 0.1) is 11.3 Å². The normalized spacial score (nSPS) is 10.1. The molecule has 0 unspecified atom stereocenters. The molecule has 0 aliphatic carbocycles. The van der Waals surface area contributed by atoms with E-state index in [2.05, 4.69) is 4.98 Å². The summed E-state index contributed by atoms with van der Waals surface area (Å²) in [6.45, 7) is 0. The molecule has 0 bridgehead atoms. The van der Waals surface area contributed by atoms with E-state index in [9.17, 15) is 0 Å². The summed E-state index contributed by atoms with van der Waals surface area (Å²) in [7, 11) is 0. The first kappa shape index (κ1) is 13.0. The Hall–Kier alpha value is -1.47. The van der Waals surface area contributed by atoms with Gasteiger partial charge in [-0.15, -0.1) is 0 Å². The first-order valence-electron chi connectivity index (χ1n) is 4.84. The van der Waals surface area contributed by atoms with Gasteiger partial charge in [-0.1, -0.05) is 34.8 Å². The highest BCUT2D eigenvalue weighted by atomic mass is 35.5. The minimum Gasteiger partial charge on any atom is -0.383 e. The van der Waals surface area contributed by atoms with Crippen LogP contribution in [-0.4, -0.2) is 4.98 Å². The van der Waals surface area contributed by atoms with Gasteiger partial charge >= 0.3 is 0 Å². The van der Waals surface area contributed by atoms with Crippen LogP contribution in [0.1, 0.15) is 5.56 Å². The number of nitrogens with zero attached hydrogens (tertiary/aromatic N) is 2. The summed E-state index contributed by atoms with van der Waals surface area (Å²) in [6.07, 6.45) is 1.45. The van der Waals surface area contributed by atoms with Crippen molar-refractivity contribution >= 4 is 40.6 Å². The van der Waals surface area contributed by atoms with Gasteiger partial charge in [0.25, 0.3) is 0 Å². The van der Waals surface area contributed by atoms with Crippen molar-refractivity contribution in [2.24, 2.45) is 0 Å². The van der Waals surface area contributed by atoms with Crippen LogP contribution >= 0.6 is 34.8 Å². The summed E-state index contributed by atoms with van der Waals surface area (Å²) < 4.78 is 0. The van der Waals surface area contributed by atoms with Crippen molar-refractivity contribution in [1.82, 2.24) is 4.98 Å². The number of hydrogen-bond donors (Lipinski definition) is 1. The Bertz CT molecular complexity index is 639. The SMILES string of the molecule is N#Cc1ccnc(N)c1-c1c(Cl)cc(Cl)cc1Cl. The van der Waals surface area contributed by atoms with Crippen molar-refractivity contribution in [3.05, 3.63) is 45.0 Å². The minimum absolute atomic E-state index is 0.195. The van der Waals surface area contributed by atoms with E-state index >= 15 is 0 Å². The van der Waals surface area contributed by atoms with Gasteiger partial charge < -0.3 is 5.73 Å². The predicted octanol–water partition coefficient (Wildman–Crippen LogP) is 4.16. The molecule has 0 spiro atoms. The number of hydrogen-bond acceptors (Lipinski definition) is 3. The van der Waals surface area contributed by atoms with Crippen LogP contribution in [0.5, 0.6) is 0 Å². The van der Waals surface area contributed by atoms with Gasteiger partial charge in [-0.2, -0.15) is 5.26 Å². The highest BCUT2D eigenvalue weighted by molar-refractivity contribution is 6.42. The molecule has 2 rings (SSSR count). The zero-order valence-corrected chi connectivity index (χ0v) is 11.2. The molecule has 1 aromatic carbocycles. The smallest absolute Gasteiger partial charge is 0.132 e. The molecule has 3 nitrogen and oxygen atoms in total. The maximum Gasteiger partial charge on any atom is 0.132 e. The maximum atomic E-state index is 9.10. The minimum atomic E-state index is 0.195. The molecule has 2 N–H and O–H groups in total. The van der Waals surface area contributed by atoms with E-state index in [1.165, 1.54) is 18.3 Å². The number of benzene rings is 1. The quantitative estimate of drug-likeness (QED) is 0.859. The van der Waals surface area contributed by atoms with E-state index in [1.807, 2.05) is 6.07 Å². The Labute approximate surface area is 119 Å². The Morgan fingerprint density at radius 1 is 1.11 bits per heavy atom. The fourth-order valence-corrected chi connectivity index (χ4v) is 2.62. The van der Waals surface area contributed by atoms with Crippen molar-refractivity contribution in [1.29, 1.82) is 5.26 Å². The molecule has 0 atom stereocenters. The first-order valence-corrected chi connectivity index (χ1v) is 5.97. The lowest BCUT2D eigenvalue weighted by molar-refractivity contribution is 1.32. The van der Waals surface area contributed by atoms with Gasteiger partial charge in [0.1, 0.15) is 5.82 Å². The molecule has 1 aromatic heterocycles. The second-order valence-corrected chi connectivity index (χ2v) is 4.73. The molecule has 18 heavy (non-hydrogen) atoms. The molecule has 0 radical (unpaired) electrons. The largest absolute Gasteiger partial charge is 0.383 e. The molecule has 90 valence electrons. The molecule has 2 aromatic rings. The third-order valence-electron chi connectivity index (χ3n) is 2.36. The van der Waals surface area contributed by atoms with E-state index in [0.29, 0.717) is 31.8 Å². The number of halogens is 3. The first-order chi connectivity index (χ1) is 8.54. The molecular formula is C12H6Cl3N3. The van der Waals surface area contributed by atoms with Gasteiger partial charge in [-0.05, 0) is 18.2 Å². The van der Waals surface area contributed by atoms with E-state index in [4.69, 9.17) is 45.8 Å². The van der Waals surface area contributed by atoms with Gasteiger partial charge in [-0.3, -0.25) is 0 Å². The fourth-order valence-electron chi connectivity index (χ4n) is 1.61. The van der Waals surface area contributed by atoms with Crippen LogP contribution in [0.2, 0.25) is 15.1 Å². The second-order valence-electron chi connectivity index (χ2n) is 3.47. The molecule has 0 saturated heterocycles. The van der Waals surface area contributed by atoms with E-state index in [0.717, 1.165) is 0 Å². The highest BCUT2D eigenvalue weighted by Crippen LogP contribution is 2.40. The summed E-state index contributed by atoms with van der Waals surface area (Å²) in [5.41, 5.74) is 7.03. The van der Waals surface area contributed by atoms with E-state index in [1.54, 1.807) is 6.07 Å². The van der Waals surface area contributed by atoms with Crippen LogP contribution in [0.15, 0.2) is 24.4 Å². The summed E-state index contributed by atoms with van der Waals surface area (Å²) in [6, 6.07) is 6.66. The fraction of sp³-hybridized carbons (Fsp3) is 0. The van der Waals surface area contributed by atoms with Gasteiger partial charge in [0.2, 0.25) is 0 Å². The van der Waals surface area contributed by atoms with Gasteiger partial charge in [0.05, 0.1) is 21.7 Å². The van der Waals surface area contributed by atoms with E-state index < -0.39 is 0 Å². The maximum absolute atomic E-state index is 9.10. The number of nitrogens with two attached hydrogens (primary N) is 1. The van der Waals surface area contributed by atoms with Crippen molar-refractivity contribution < 1.29 is 0 Å². The Morgan fingerprint density at radius 2 is 1.72 bits per heavy atom. The number of aromatic nitrogens is 1. The molecule has 1 heterocycles. The second kappa shape index (κ2) is 5.03. The van der Waals surface area contributed by atoms with Gasteiger partial charge in [0, 0.05) is 22.3 Å². The Morgan fingerprint density at radius 3 is 2.28 bits per heavy atom. The predicted molar refractivity (Wildman–Crippen MR) is 73.8 cm³/mol. The summed E-state index contributed by atoms with van der Waals surface area (Å²) >= 11 is 18.1. The third-order valence-corrected chi connectivity index (χ3v) is 3.17.